The number of hydrogen-bond donors (Lipinski definition) is 2. The molecular formula is C19H19IN2O4. The molecule has 0 spiro atoms. The molecule has 0 bridgehead atoms. The monoisotopic (exact) mass is 466 g/mol. The average molecular weight is 466 g/mol. The van der Waals surface area contributed by atoms with E-state index in [0.717, 1.165) is 14.7 Å². The van der Waals surface area contributed by atoms with Crippen LogP contribution in [0.15, 0.2) is 42.5 Å². The first-order chi connectivity index (χ1) is 12.4. The van der Waals surface area contributed by atoms with Crippen molar-refractivity contribution in [2.75, 3.05) is 18.5 Å². The second-order valence-corrected chi connectivity index (χ2v) is 6.83. The SMILES string of the molecule is Cc1ccc(C(=O)NCC(=O)OCC(=O)Nc2ccccc2I)cc1C. The molecule has 0 saturated heterocycles. The van der Waals surface area contributed by atoms with Gasteiger partial charge in [0.2, 0.25) is 0 Å². The summed E-state index contributed by atoms with van der Waals surface area (Å²) in [5.41, 5.74) is 3.20. The number of esters is 1. The molecule has 0 radical (unpaired) electrons. The smallest absolute Gasteiger partial charge is 0.325 e. The molecule has 0 aliphatic heterocycles. The largest absolute Gasteiger partial charge is 0.454 e. The lowest BCUT2D eigenvalue weighted by Gasteiger charge is -2.09. The molecular weight excluding hydrogens is 447 g/mol. The summed E-state index contributed by atoms with van der Waals surface area (Å²) in [6, 6.07) is 12.6. The van der Waals surface area contributed by atoms with E-state index < -0.39 is 18.5 Å². The summed E-state index contributed by atoms with van der Waals surface area (Å²) in [4.78, 5) is 35.6. The number of carbonyl (C=O) groups is 3. The summed E-state index contributed by atoms with van der Waals surface area (Å²) < 4.78 is 5.76. The van der Waals surface area contributed by atoms with Gasteiger partial charge in [-0.25, -0.2) is 0 Å². The Hall–Kier alpha value is -2.42. The Morgan fingerprint density at radius 1 is 1.04 bits per heavy atom. The van der Waals surface area contributed by atoms with E-state index in [1.807, 2.05) is 32.0 Å². The third-order valence-corrected chi connectivity index (χ3v) is 4.62. The van der Waals surface area contributed by atoms with Crippen molar-refractivity contribution in [1.82, 2.24) is 5.32 Å². The van der Waals surface area contributed by atoms with E-state index in [2.05, 4.69) is 33.2 Å². The number of hydrogen-bond acceptors (Lipinski definition) is 4. The van der Waals surface area contributed by atoms with Gasteiger partial charge >= 0.3 is 5.97 Å². The van der Waals surface area contributed by atoms with Crippen LogP contribution in [0.4, 0.5) is 5.69 Å². The first kappa shape index (κ1) is 19.9. The maximum absolute atomic E-state index is 12.0. The zero-order chi connectivity index (χ0) is 19.1. The number of ether oxygens (including phenoxy) is 1. The maximum atomic E-state index is 12.0. The zero-order valence-corrected chi connectivity index (χ0v) is 16.6. The fourth-order valence-electron chi connectivity index (χ4n) is 2.08. The molecule has 0 aromatic heterocycles. The molecule has 0 heterocycles. The van der Waals surface area contributed by atoms with Gasteiger partial charge in [0.1, 0.15) is 6.54 Å². The van der Waals surface area contributed by atoms with Crippen LogP contribution in [-0.4, -0.2) is 30.9 Å². The van der Waals surface area contributed by atoms with Crippen LogP contribution < -0.4 is 10.6 Å². The van der Waals surface area contributed by atoms with Crippen molar-refractivity contribution >= 4 is 46.1 Å². The molecule has 0 aliphatic rings. The second-order valence-electron chi connectivity index (χ2n) is 5.67. The van der Waals surface area contributed by atoms with Gasteiger partial charge in [0, 0.05) is 9.13 Å². The van der Waals surface area contributed by atoms with Crippen molar-refractivity contribution in [2.45, 2.75) is 13.8 Å². The van der Waals surface area contributed by atoms with Gasteiger partial charge in [0.25, 0.3) is 11.8 Å². The zero-order valence-electron chi connectivity index (χ0n) is 14.5. The van der Waals surface area contributed by atoms with Crippen molar-refractivity contribution in [1.29, 1.82) is 0 Å². The number of halogens is 1. The summed E-state index contributed by atoms with van der Waals surface area (Å²) in [6.45, 7) is 3.15. The second kappa shape index (κ2) is 9.33. The van der Waals surface area contributed by atoms with Crippen molar-refractivity contribution in [3.05, 3.63) is 62.7 Å². The van der Waals surface area contributed by atoms with Crippen molar-refractivity contribution in [2.24, 2.45) is 0 Å². The van der Waals surface area contributed by atoms with Gasteiger partial charge < -0.3 is 15.4 Å². The molecule has 26 heavy (non-hydrogen) atoms. The third-order valence-electron chi connectivity index (χ3n) is 3.67. The first-order valence-corrected chi connectivity index (χ1v) is 9.00. The number of para-hydroxylation sites is 1. The molecule has 6 nitrogen and oxygen atoms in total. The molecule has 2 aromatic carbocycles. The molecule has 0 atom stereocenters. The Balaban J connectivity index is 1.76. The molecule has 7 heteroatoms. The standard InChI is InChI=1S/C19H19IN2O4/c1-12-7-8-14(9-13(12)2)19(25)21-10-18(24)26-11-17(23)22-16-6-4-3-5-15(16)20/h3-9H,10-11H2,1-2H3,(H,21,25)(H,22,23). The average Bonchev–Trinajstić information content (AvgIpc) is 2.62. The molecule has 2 aromatic rings. The minimum absolute atomic E-state index is 0.304. The van der Waals surface area contributed by atoms with Gasteiger partial charge in [-0.1, -0.05) is 18.2 Å². The minimum Gasteiger partial charge on any atom is -0.454 e. The van der Waals surface area contributed by atoms with E-state index in [1.54, 1.807) is 24.3 Å². The van der Waals surface area contributed by atoms with Crippen molar-refractivity contribution in [3.63, 3.8) is 0 Å². The van der Waals surface area contributed by atoms with Gasteiger partial charge in [-0.2, -0.15) is 0 Å². The summed E-state index contributed by atoms with van der Waals surface area (Å²) in [7, 11) is 0. The quantitative estimate of drug-likeness (QED) is 0.507. The predicted molar refractivity (Wildman–Crippen MR) is 107 cm³/mol. The fraction of sp³-hybridized carbons (Fsp3) is 0.211. The Morgan fingerprint density at radius 3 is 2.46 bits per heavy atom. The summed E-state index contributed by atoms with van der Waals surface area (Å²) >= 11 is 2.10. The Labute approximate surface area is 165 Å². The third kappa shape index (κ3) is 5.83. The highest BCUT2D eigenvalue weighted by molar-refractivity contribution is 14.1. The van der Waals surface area contributed by atoms with Crippen LogP contribution in [0.1, 0.15) is 21.5 Å². The highest BCUT2D eigenvalue weighted by atomic mass is 127. The van der Waals surface area contributed by atoms with E-state index in [-0.39, 0.29) is 12.5 Å². The van der Waals surface area contributed by atoms with Gasteiger partial charge in [0.05, 0.1) is 5.69 Å². The lowest BCUT2D eigenvalue weighted by atomic mass is 10.1. The number of anilines is 1. The number of benzene rings is 2. The molecule has 2 amide bonds. The molecule has 136 valence electrons. The van der Waals surface area contributed by atoms with Crippen LogP contribution in [0.25, 0.3) is 0 Å². The lowest BCUT2D eigenvalue weighted by molar-refractivity contribution is -0.146. The van der Waals surface area contributed by atoms with Gasteiger partial charge in [-0.3, -0.25) is 14.4 Å². The molecule has 0 unspecified atom stereocenters. The van der Waals surface area contributed by atoms with Crippen LogP contribution in [0, 0.1) is 17.4 Å². The van der Waals surface area contributed by atoms with E-state index in [0.29, 0.717) is 11.3 Å². The van der Waals surface area contributed by atoms with E-state index >= 15 is 0 Å². The number of amides is 2. The number of nitrogens with one attached hydrogen (secondary N) is 2. The predicted octanol–water partition coefficient (Wildman–Crippen LogP) is 2.82. The van der Waals surface area contributed by atoms with Gasteiger partial charge in [-0.05, 0) is 71.8 Å². The molecule has 2 N–H and O–H groups in total. The fourth-order valence-corrected chi connectivity index (χ4v) is 2.61. The number of rotatable bonds is 6. The van der Waals surface area contributed by atoms with E-state index in [4.69, 9.17) is 4.74 Å². The van der Waals surface area contributed by atoms with Crippen molar-refractivity contribution in [3.8, 4) is 0 Å². The van der Waals surface area contributed by atoms with E-state index in [1.165, 1.54) is 0 Å². The Bertz CT molecular complexity index is 836. The Morgan fingerprint density at radius 2 is 1.77 bits per heavy atom. The first-order valence-electron chi connectivity index (χ1n) is 7.92. The summed E-state index contributed by atoms with van der Waals surface area (Å²) in [5, 5.41) is 5.14. The van der Waals surface area contributed by atoms with Crippen LogP contribution in [-0.2, 0) is 14.3 Å². The molecule has 0 fully saturated rings. The van der Waals surface area contributed by atoms with E-state index in [9.17, 15) is 14.4 Å². The minimum atomic E-state index is -0.680. The highest BCUT2D eigenvalue weighted by Gasteiger charge is 2.12. The van der Waals surface area contributed by atoms with Gasteiger partial charge in [0.15, 0.2) is 6.61 Å². The van der Waals surface area contributed by atoms with Gasteiger partial charge in [-0.15, -0.1) is 0 Å². The van der Waals surface area contributed by atoms with Crippen LogP contribution in [0.3, 0.4) is 0 Å². The summed E-state index contributed by atoms with van der Waals surface area (Å²) in [5.74, 6) is -1.49. The Kier molecular flexibility index (Phi) is 7.14. The van der Waals surface area contributed by atoms with Crippen molar-refractivity contribution < 1.29 is 19.1 Å². The number of carbonyl (C=O) groups excluding carboxylic acids is 3. The highest BCUT2D eigenvalue weighted by Crippen LogP contribution is 2.16. The molecule has 0 saturated carbocycles. The molecule has 0 aliphatic carbocycles. The topological polar surface area (TPSA) is 84.5 Å². The van der Waals surface area contributed by atoms with Crippen LogP contribution in [0.2, 0.25) is 0 Å². The van der Waals surface area contributed by atoms with Crippen LogP contribution >= 0.6 is 22.6 Å². The van der Waals surface area contributed by atoms with Crippen LogP contribution in [0.5, 0.6) is 0 Å². The normalized spacial score (nSPS) is 10.1. The summed E-state index contributed by atoms with van der Waals surface area (Å²) in [6.07, 6.45) is 0. The lowest BCUT2D eigenvalue weighted by Crippen LogP contribution is -2.32. The maximum Gasteiger partial charge on any atom is 0.325 e. The molecule has 2 rings (SSSR count). The number of aryl methyl sites for hydroxylation is 2.